The van der Waals surface area contributed by atoms with Gasteiger partial charge in [0.1, 0.15) is 12.4 Å². The zero-order valence-electron chi connectivity index (χ0n) is 8.71. The molecule has 1 aromatic heterocycles. The summed E-state index contributed by atoms with van der Waals surface area (Å²) in [6.45, 7) is 1.71. The van der Waals surface area contributed by atoms with Crippen LogP contribution in [0.25, 0.3) is 0 Å². The summed E-state index contributed by atoms with van der Waals surface area (Å²) in [7, 11) is 1.64. The highest BCUT2D eigenvalue weighted by Crippen LogP contribution is 2.11. The van der Waals surface area contributed by atoms with Crippen molar-refractivity contribution in [2.75, 3.05) is 13.6 Å². The molecule has 0 aliphatic carbocycles. The highest BCUT2D eigenvalue weighted by atomic mass is 19.1. The van der Waals surface area contributed by atoms with Crippen LogP contribution >= 0.6 is 0 Å². The van der Waals surface area contributed by atoms with Crippen LogP contribution in [0.2, 0.25) is 0 Å². The minimum absolute atomic E-state index is 0.0774. The fraction of sp³-hybridized carbons (Fsp3) is 0.400. The molecule has 0 spiro atoms. The van der Waals surface area contributed by atoms with E-state index < -0.39 is 11.8 Å². The van der Waals surface area contributed by atoms with Gasteiger partial charge in [-0.15, -0.1) is 0 Å². The number of nitrogens with one attached hydrogen (secondary N) is 1. The van der Waals surface area contributed by atoms with Crippen molar-refractivity contribution in [1.82, 2.24) is 10.3 Å². The molecule has 0 aliphatic rings. The number of aryl methyl sites for hydroxylation is 1. The summed E-state index contributed by atoms with van der Waals surface area (Å²) in [4.78, 5) is 14.9. The predicted molar refractivity (Wildman–Crippen MR) is 52.7 cm³/mol. The van der Waals surface area contributed by atoms with E-state index in [0.29, 0.717) is 11.3 Å². The van der Waals surface area contributed by atoms with E-state index in [1.165, 1.54) is 12.3 Å². The lowest BCUT2D eigenvalue weighted by atomic mass is 10.2. The quantitative estimate of drug-likeness (QED) is 0.750. The average molecular weight is 212 g/mol. The normalized spacial score (nSPS) is 10.1. The van der Waals surface area contributed by atoms with Crippen molar-refractivity contribution in [2.45, 2.75) is 13.5 Å². The second-order valence-electron chi connectivity index (χ2n) is 3.05. The van der Waals surface area contributed by atoms with Crippen molar-refractivity contribution in [2.24, 2.45) is 0 Å². The van der Waals surface area contributed by atoms with Crippen LogP contribution in [0.1, 0.15) is 11.3 Å². The van der Waals surface area contributed by atoms with Crippen LogP contribution in [-0.2, 0) is 16.1 Å². The molecule has 1 aromatic rings. The van der Waals surface area contributed by atoms with Crippen molar-refractivity contribution in [3.63, 3.8) is 0 Å². The van der Waals surface area contributed by atoms with Crippen LogP contribution in [0.5, 0.6) is 0 Å². The Bertz CT molecular complexity index is 335. The predicted octanol–water partition coefficient (Wildman–Crippen LogP) is 0.792. The molecule has 0 atom stereocenters. The monoisotopic (exact) mass is 212 g/mol. The van der Waals surface area contributed by atoms with E-state index in [9.17, 15) is 9.18 Å². The zero-order valence-corrected chi connectivity index (χ0v) is 8.71. The van der Waals surface area contributed by atoms with Crippen LogP contribution in [-0.4, -0.2) is 24.5 Å². The van der Waals surface area contributed by atoms with E-state index in [4.69, 9.17) is 4.74 Å². The number of nitrogens with zero attached hydrogens (tertiary/aromatic N) is 1. The fourth-order valence-corrected chi connectivity index (χ4v) is 1.09. The lowest BCUT2D eigenvalue weighted by molar-refractivity contribution is -0.143. The molecule has 0 bridgehead atoms. The van der Waals surface area contributed by atoms with Gasteiger partial charge in [-0.05, 0) is 20.0 Å². The van der Waals surface area contributed by atoms with Gasteiger partial charge in [0.05, 0.1) is 6.54 Å². The maximum atomic E-state index is 13.2. The van der Waals surface area contributed by atoms with Crippen LogP contribution in [0.3, 0.4) is 0 Å². The molecule has 0 aliphatic heterocycles. The van der Waals surface area contributed by atoms with Crippen molar-refractivity contribution >= 4 is 5.97 Å². The Balaban J connectivity index is 2.61. The Morgan fingerprint density at radius 3 is 3.00 bits per heavy atom. The second kappa shape index (κ2) is 5.41. The molecular formula is C10H13FN2O2. The number of carbonyl (C=O) groups excluding carboxylic acids is 1. The van der Waals surface area contributed by atoms with Gasteiger partial charge in [0.25, 0.3) is 0 Å². The minimum atomic E-state index is -0.417. The average Bonchev–Trinajstić information content (AvgIpc) is 2.17. The molecule has 0 saturated heterocycles. The first-order valence-electron chi connectivity index (χ1n) is 4.55. The molecule has 4 nitrogen and oxygen atoms in total. The molecule has 82 valence electrons. The maximum absolute atomic E-state index is 13.2. The van der Waals surface area contributed by atoms with Gasteiger partial charge < -0.3 is 10.1 Å². The molecule has 1 N–H and O–H groups in total. The number of aromatic nitrogens is 1. The van der Waals surface area contributed by atoms with Gasteiger partial charge in [-0.1, -0.05) is 0 Å². The van der Waals surface area contributed by atoms with E-state index in [-0.39, 0.29) is 13.2 Å². The van der Waals surface area contributed by atoms with E-state index >= 15 is 0 Å². The first-order valence-corrected chi connectivity index (χ1v) is 4.55. The number of ether oxygens (including phenoxy) is 1. The van der Waals surface area contributed by atoms with Gasteiger partial charge in [-0.2, -0.15) is 0 Å². The molecular weight excluding hydrogens is 199 g/mol. The molecule has 15 heavy (non-hydrogen) atoms. The summed E-state index contributed by atoms with van der Waals surface area (Å²) in [5, 5.41) is 2.65. The first-order chi connectivity index (χ1) is 7.15. The Hall–Kier alpha value is -1.49. The SMILES string of the molecule is CNCC(=O)OCc1c(F)ccnc1C. The number of esters is 1. The minimum Gasteiger partial charge on any atom is -0.460 e. The second-order valence-corrected chi connectivity index (χ2v) is 3.05. The van der Waals surface area contributed by atoms with Gasteiger partial charge in [0.15, 0.2) is 0 Å². The molecule has 5 heteroatoms. The first kappa shape index (κ1) is 11.6. The molecule has 0 amide bonds. The van der Waals surface area contributed by atoms with Crippen LogP contribution in [0.15, 0.2) is 12.3 Å². The standard InChI is InChI=1S/C10H13FN2O2/c1-7-8(9(11)3-4-13-7)6-15-10(14)5-12-2/h3-4,12H,5-6H2,1-2H3. The third-order valence-electron chi connectivity index (χ3n) is 1.91. The van der Waals surface area contributed by atoms with E-state index in [0.717, 1.165) is 0 Å². The number of rotatable bonds is 4. The van der Waals surface area contributed by atoms with Crippen LogP contribution in [0, 0.1) is 12.7 Å². The summed E-state index contributed by atoms with van der Waals surface area (Å²) >= 11 is 0. The van der Waals surface area contributed by atoms with Crippen molar-refractivity contribution in [1.29, 1.82) is 0 Å². The van der Waals surface area contributed by atoms with E-state index in [2.05, 4.69) is 10.3 Å². The lowest BCUT2D eigenvalue weighted by Gasteiger charge is -2.07. The molecule has 0 aromatic carbocycles. The summed E-state index contributed by atoms with van der Waals surface area (Å²) in [6.07, 6.45) is 1.38. The van der Waals surface area contributed by atoms with Crippen LogP contribution in [0.4, 0.5) is 4.39 Å². The Labute approximate surface area is 87.5 Å². The van der Waals surface area contributed by atoms with E-state index in [1.54, 1.807) is 14.0 Å². The summed E-state index contributed by atoms with van der Waals surface area (Å²) < 4.78 is 18.1. The third-order valence-corrected chi connectivity index (χ3v) is 1.91. The molecule has 0 radical (unpaired) electrons. The molecule has 0 unspecified atom stereocenters. The summed E-state index contributed by atoms with van der Waals surface area (Å²) in [5.41, 5.74) is 0.856. The van der Waals surface area contributed by atoms with Gasteiger partial charge in [-0.25, -0.2) is 4.39 Å². The third kappa shape index (κ3) is 3.28. The smallest absolute Gasteiger partial charge is 0.320 e. The number of carbonyl (C=O) groups is 1. The van der Waals surface area contributed by atoms with E-state index in [1.807, 2.05) is 0 Å². The van der Waals surface area contributed by atoms with Crippen molar-refractivity contribution in [3.05, 3.63) is 29.3 Å². The lowest BCUT2D eigenvalue weighted by Crippen LogP contribution is -2.21. The Kier molecular flexibility index (Phi) is 4.17. The number of halogens is 1. The topological polar surface area (TPSA) is 51.2 Å². The largest absolute Gasteiger partial charge is 0.460 e. The van der Waals surface area contributed by atoms with Gasteiger partial charge in [0, 0.05) is 17.5 Å². The van der Waals surface area contributed by atoms with Crippen molar-refractivity contribution < 1.29 is 13.9 Å². The van der Waals surface area contributed by atoms with Crippen molar-refractivity contribution in [3.8, 4) is 0 Å². The highest BCUT2D eigenvalue weighted by Gasteiger charge is 2.09. The molecule has 1 heterocycles. The van der Waals surface area contributed by atoms with Gasteiger partial charge in [0.2, 0.25) is 0 Å². The molecule has 0 fully saturated rings. The van der Waals surface area contributed by atoms with Gasteiger partial charge >= 0.3 is 5.97 Å². The zero-order chi connectivity index (χ0) is 11.3. The fourth-order valence-electron chi connectivity index (χ4n) is 1.09. The number of hydrogen-bond donors (Lipinski definition) is 1. The Morgan fingerprint density at radius 1 is 1.67 bits per heavy atom. The molecule has 0 saturated carbocycles. The summed E-state index contributed by atoms with van der Waals surface area (Å²) in [5.74, 6) is -0.820. The van der Waals surface area contributed by atoms with Gasteiger partial charge in [-0.3, -0.25) is 9.78 Å². The Morgan fingerprint density at radius 2 is 2.40 bits per heavy atom. The number of hydrogen-bond acceptors (Lipinski definition) is 4. The number of pyridine rings is 1. The van der Waals surface area contributed by atoms with Crippen LogP contribution < -0.4 is 5.32 Å². The maximum Gasteiger partial charge on any atom is 0.320 e. The number of likely N-dealkylation sites (N-methyl/N-ethyl adjacent to an activating group) is 1. The molecule has 1 rings (SSSR count). The summed E-state index contributed by atoms with van der Waals surface area (Å²) in [6, 6.07) is 1.24. The highest BCUT2D eigenvalue weighted by molar-refractivity contribution is 5.71.